The molecule has 2 rings (SSSR count). The maximum absolute atomic E-state index is 12.6. The number of hydrogen-bond donors (Lipinski definition) is 0. The molecule has 4 nitrogen and oxygen atoms in total. The van der Waals surface area contributed by atoms with Gasteiger partial charge >= 0.3 is 12.1 Å². The molecule has 1 amide bonds. The van der Waals surface area contributed by atoms with Crippen LogP contribution >= 0.6 is 0 Å². The molecule has 1 atom stereocenters. The molecule has 0 fully saturated rings. The number of fused-ring (bicyclic) bond motifs is 1. The summed E-state index contributed by atoms with van der Waals surface area (Å²) in [5, 5.41) is 0. The Labute approximate surface area is 126 Å². The van der Waals surface area contributed by atoms with Crippen molar-refractivity contribution in [2.45, 2.75) is 18.6 Å². The molecule has 1 aliphatic heterocycles. The smallest absolute Gasteiger partial charge is 0.471 e. The van der Waals surface area contributed by atoms with E-state index in [1.165, 1.54) is 20.3 Å². The number of carbonyl (C=O) groups is 1. The number of amides is 1. The van der Waals surface area contributed by atoms with Crippen molar-refractivity contribution in [1.82, 2.24) is 4.90 Å². The van der Waals surface area contributed by atoms with E-state index in [-0.39, 0.29) is 13.1 Å². The van der Waals surface area contributed by atoms with Gasteiger partial charge in [-0.05, 0) is 23.3 Å². The van der Waals surface area contributed by atoms with Gasteiger partial charge in [0.25, 0.3) is 0 Å². The van der Waals surface area contributed by atoms with Crippen LogP contribution in [0.5, 0.6) is 11.5 Å². The van der Waals surface area contributed by atoms with Gasteiger partial charge in [0.1, 0.15) is 0 Å². The van der Waals surface area contributed by atoms with E-state index in [0.29, 0.717) is 17.1 Å². The summed E-state index contributed by atoms with van der Waals surface area (Å²) in [7, 11) is 2.92. The quantitative estimate of drug-likeness (QED) is 0.805. The zero-order valence-electron chi connectivity index (χ0n) is 12.2. The van der Waals surface area contributed by atoms with Gasteiger partial charge in [0.2, 0.25) is 0 Å². The first-order valence-corrected chi connectivity index (χ1v) is 6.55. The van der Waals surface area contributed by atoms with E-state index in [0.717, 1.165) is 10.5 Å². The minimum atomic E-state index is -4.89. The summed E-state index contributed by atoms with van der Waals surface area (Å²) < 4.78 is 48.3. The zero-order chi connectivity index (χ0) is 16.5. The molecule has 1 unspecified atom stereocenters. The lowest BCUT2D eigenvalue weighted by atomic mass is 9.89. The van der Waals surface area contributed by atoms with Crippen molar-refractivity contribution in [3.05, 3.63) is 35.9 Å². The Morgan fingerprint density at radius 3 is 2.41 bits per heavy atom. The predicted molar refractivity (Wildman–Crippen MR) is 74.0 cm³/mol. The molecule has 0 N–H and O–H groups in total. The molecule has 22 heavy (non-hydrogen) atoms. The fourth-order valence-corrected chi connectivity index (χ4v) is 2.56. The molecule has 0 saturated heterocycles. The summed E-state index contributed by atoms with van der Waals surface area (Å²) in [6.07, 6.45) is -3.36. The van der Waals surface area contributed by atoms with Crippen LogP contribution in [-0.2, 0) is 11.3 Å². The molecule has 120 valence electrons. The molecule has 0 radical (unpaired) electrons. The van der Waals surface area contributed by atoms with Gasteiger partial charge < -0.3 is 14.4 Å². The fraction of sp³-hybridized carbons (Fsp3) is 0.400. The third-order valence-corrected chi connectivity index (χ3v) is 3.64. The summed E-state index contributed by atoms with van der Waals surface area (Å²) in [4.78, 5) is 12.3. The van der Waals surface area contributed by atoms with E-state index in [1.807, 2.05) is 0 Å². The third-order valence-electron chi connectivity index (χ3n) is 3.64. The van der Waals surface area contributed by atoms with E-state index < -0.39 is 18.0 Å². The lowest BCUT2D eigenvalue weighted by Crippen LogP contribution is -2.44. The molecule has 0 aliphatic carbocycles. The van der Waals surface area contributed by atoms with Crippen molar-refractivity contribution in [1.29, 1.82) is 0 Å². The van der Waals surface area contributed by atoms with Gasteiger partial charge in [-0.1, -0.05) is 6.08 Å². The Morgan fingerprint density at radius 1 is 1.32 bits per heavy atom. The summed E-state index contributed by atoms with van der Waals surface area (Å²) in [5.74, 6) is -1.34. The summed E-state index contributed by atoms with van der Waals surface area (Å²) in [6.45, 7) is 3.45. The number of ether oxygens (including phenoxy) is 2. The highest BCUT2D eigenvalue weighted by Crippen LogP contribution is 2.38. The maximum atomic E-state index is 12.6. The van der Waals surface area contributed by atoms with Crippen LogP contribution in [0.2, 0.25) is 0 Å². The Bertz CT molecular complexity index is 598. The molecule has 1 heterocycles. The monoisotopic (exact) mass is 315 g/mol. The fourth-order valence-electron chi connectivity index (χ4n) is 2.56. The molecular formula is C15H16F3NO3. The average Bonchev–Trinajstić information content (AvgIpc) is 2.50. The highest BCUT2D eigenvalue weighted by Gasteiger charge is 2.44. The summed E-state index contributed by atoms with van der Waals surface area (Å²) in [5.41, 5.74) is 1.38. The molecule has 1 aromatic rings. The lowest BCUT2D eigenvalue weighted by molar-refractivity contribution is -0.186. The highest BCUT2D eigenvalue weighted by atomic mass is 19.4. The number of alkyl halides is 3. The number of hydrogen-bond acceptors (Lipinski definition) is 3. The standard InChI is InChI=1S/C15H16F3NO3/c1-4-9-7-19(14(20)15(16,17)18)8-10-5-12(21-2)13(22-3)6-11(9)10/h4-6,9H,1,7-8H2,2-3H3. The van der Waals surface area contributed by atoms with Gasteiger partial charge in [0.15, 0.2) is 11.5 Å². The lowest BCUT2D eigenvalue weighted by Gasteiger charge is -2.34. The first-order chi connectivity index (χ1) is 10.3. The molecule has 7 heteroatoms. The Kier molecular flexibility index (Phi) is 4.35. The summed E-state index contributed by atoms with van der Waals surface area (Å²) in [6, 6.07) is 3.32. The van der Waals surface area contributed by atoms with E-state index >= 15 is 0 Å². The predicted octanol–water partition coefficient (Wildman–Crippen LogP) is 2.88. The molecule has 0 saturated carbocycles. The number of nitrogens with zero attached hydrogens (tertiary/aromatic N) is 1. The summed E-state index contributed by atoms with van der Waals surface area (Å²) >= 11 is 0. The Balaban J connectivity index is 2.44. The second-order valence-electron chi connectivity index (χ2n) is 4.93. The zero-order valence-corrected chi connectivity index (χ0v) is 12.2. The molecule has 0 spiro atoms. The van der Waals surface area contributed by atoms with E-state index in [9.17, 15) is 18.0 Å². The minimum Gasteiger partial charge on any atom is -0.493 e. The van der Waals surface area contributed by atoms with Crippen LogP contribution in [0.1, 0.15) is 17.0 Å². The van der Waals surface area contributed by atoms with Crippen LogP contribution in [0.3, 0.4) is 0 Å². The first-order valence-electron chi connectivity index (χ1n) is 6.55. The Hall–Kier alpha value is -2.18. The number of halogens is 3. The van der Waals surface area contributed by atoms with Crippen molar-refractivity contribution in [2.24, 2.45) is 0 Å². The van der Waals surface area contributed by atoms with Gasteiger partial charge in [-0.3, -0.25) is 4.79 Å². The molecule has 1 aliphatic rings. The topological polar surface area (TPSA) is 38.8 Å². The number of carbonyl (C=O) groups excluding carboxylic acids is 1. The largest absolute Gasteiger partial charge is 0.493 e. The van der Waals surface area contributed by atoms with Gasteiger partial charge in [0, 0.05) is 19.0 Å². The number of rotatable bonds is 3. The number of benzene rings is 1. The highest BCUT2D eigenvalue weighted by molar-refractivity contribution is 5.82. The van der Waals surface area contributed by atoms with Crippen LogP contribution in [0.15, 0.2) is 24.8 Å². The van der Waals surface area contributed by atoms with Gasteiger partial charge in [-0.2, -0.15) is 13.2 Å². The van der Waals surface area contributed by atoms with E-state index in [1.54, 1.807) is 12.1 Å². The van der Waals surface area contributed by atoms with Crippen LogP contribution in [-0.4, -0.2) is 37.7 Å². The van der Waals surface area contributed by atoms with Crippen LogP contribution < -0.4 is 9.47 Å². The second kappa shape index (κ2) is 5.90. The molecular weight excluding hydrogens is 299 g/mol. The molecule has 0 aromatic heterocycles. The van der Waals surface area contributed by atoms with E-state index in [2.05, 4.69) is 6.58 Å². The third kappa shape index (κ3) is 2.88. The first kappa shape index (κ1) is 16.2. The van der Waals surface area contributed by atoms with Gasteiger partial charge in [-0.15, -0.1) is 6.58 Å². The van der Waals surface area contributed by atoms with Crippen LogP contribution in [0.25, 0.3) is 0 Å². The minimum absolute atomic E-state index is 0.0652. The van der Waals surface area contributed by atoms with Gasteiger partial charge in [-0.25, -0.2) is 0 Å². The van der Waals surface area contributed by atoms with Crippen LogP contribution in [0, 0.1) is 0 Å². The Morgan fingerprint density at radius 2 is 1.91 bits per heavy atom. The van der Waals surface area contributed by atoms with E-state index in [4.69, 9.17) is 9.47 Å². The van der Waals surface area contributed by atoms with Crippen molar-refractivity contribution in [3.8, 4) is 11.5 Å². The average molecular weight is 315 g/mol. The normalized spacial score (nSPS) is 17.7. The van der Waals surface area contributed by atoms with Crippen molar-refractivity contribution < 1.29 is 27.4 Å². The number of methoxy groups -OCH3 is 2. The maximum Gasteiger partial charge on any atom is 0.471 e. The van der Waals surface area contributed by atoms with Gasteiger partial charge in [0.05, 0.1) is 14.2 Å². The second-order valence-corrected chi connectivity index (χ2v) is 4.93. The van der Waals surface area contributed by atoms with Crippen LogP contribution in [0.4, 0.5) is 13.2 Å². The van der Waals surface area contributed by atoms with Crippen molar-refractivity contribution in [3.63, 3.8) is 0 Å². The SMILES string of the molecule is C=CC1CN(C(=O)C(F)(F)F)Cc2cc(OC)c(OC)cc21. The molecule has 0 bridgehead atoms. The van der Waals surface area contributed by atoms with Crippen molar-refractivity contribution >= 4 is 5.91 Å². The molecule has 1 aromatic carbocycles. The van der Waals surface area contributed by atoms with Crippen molar-refractivity contribution in [2.75, 3.05) is 20.8 Å².